The van der Waals surface area contributed by atoms with E-state index in [2.05, 4.69) is 53.3 Å². The smallest absolute Gasteiger partial charge is 0.160 e. The minimum atomic E-state index is -0.0214. The molecular formula is C19H24BrNO. The zero-order chi connectivity index (χ0) is 15.7. The molecule has 1 heterocycles. The standard InChI is InChI=1S/C19H24BrNO/c1-19(2)12-14-10-15(20)8-9-16(14)17(21-19)11-18(22)13-6-4-3-5-7-13/h8-11,13,21H,3-7,12H2,1-2H3. The van der Waals surface area contributed by atoms with Crippen LogP contribution in [-0.2, 0) is 11.2 Å². The monoisotopic (exact) mass is 361 g/mol. The topological polar surface area (TPSA) is 29.1 Å². The summed E-state index contributed by atoms with van der Waals surface area (Å²) in [6, 6.07) is 6.34. The van der Waals surface area contributed by atoms with Gasteiger partial charge in [-0.1, -0.05) is 41.3 Å². The van der Waals surface area contributed by atoms with Crippen molar-refractivity contribution in [3.05, 3.63) is 39.9 Å². The average molecular weight is 362 g/mol. The highest BCUT2D eigenvalue weighted by Gasteiger charge is 2.29. The van der Waals surface area contributed by atoms with Crippen molar-refractivity contribution in [2.75, 3.05) is 0 Å². The summed E-state index contributed by atoms with van der Waals surface area (Å²) in [5.74, 6) is 0.528. The molecule has 1 aliphatic carbocycles. The number of fused-ring (bicyclic) bond motifs is 1. The lowest BCUT2D eigenvalue weighted by Gasteiger charge is -2.36. The Balaban J connectivity index is 1.92. The Kier molecular flexibility index (Phi) is 4.44. The normalized spacial score (nSPS) is 23.0. The molecule has 0 radical (unpaired) electrons. The lowest BCUT2D eigenvalue weighted by atomic mass is 9.83. The van der Waals surface area contributed by atoms with E-state index in [9.17, 15) is 4.79 Å². The largest absolute Gasteiger partial charge is 0.379 e. The van der Waals surface area contributed by atoms with E-state index in [4.69, 9.17) is 0 Å². The molecule has 22 heavy (non-hydrogen) atoms. The summed E-state index contributed by atoms with van der Waals surface area (Å²) >= 11 is 3.55. The van der Waals surface area contributed by atoms with Crippen LogP contribution in [0.3, 0.4) is 0 Å². The summed E-state index contributed by atoms with van der Waals surface area (Å²) in [6.07, 6.45) is 8.62. The minimum Gasteiger partial charge on any atom is -0.379 e. The van der Waals surface area contributed by atoms with Crippen LogP contribution in [0.2, 0.25) is 0 Å². The molecular weight excluding hydrogens is 338 g/mol. The van der Waals surface area contributed by atoms with E-state index in [1.54, 1.807) is 0 Å². The highest BCUT2D eigenvalue weighted by Crippen LogP contribution is 2.32. The quantitative estimate of drug-likeness (QED) is 0.761. The fourth-order valence-electron chi connectivity index (χ4n) is 3.68. The number of ketones is 1. The third kappa shape index (κ3) is 3.45. The van der Waals surface area contributed by atoms with Gasteiger partial charge in [0, 0.05) is 33.3 Å². The SMILES string of the molecule is CC1(C)Cc2cc(Br)ccc2C(=CC(=O)C2CCCCC2)N1. The molecule has 118 valence electrons. The van der Waals surface area contributed by atoms with Crippen molar-refractivity contribution in [3.63, 3.8) is 0 Å². The third-order valence-electron chi connectivity index (χ3n) is 4.76. The second-order valence-electron chi connectivity index (χ2n) is 7.28. The summed E-state index contributed by atoms with van der Waals surface area (Å²) < 4.78 is 1.10. The van der Waals surface area contributed by atoms with E-state index >= 15 is 0 Å². The van der Waals surface area contributed by atoms with Crippen LogP contribution in [0.5, 0.6) is 0 Å². The predicted molar refractivity (Wildman–Crippen MR) is 94.6 cm³/mol. The van der Waals surface area contributed by atoms with Gasteiger partial charge in [0.05, 0.1) is 0 Å². The molecule has 1 fully saturated rings. The van der Waals surface area contributed by atoms with Crippen molar-refractivity contribution in [1.29, 1.82) is 0 Å². The Morgan fingerprint density at radius 2 is 2.00 bits per heavy atom. The Bertz CT molecular complexity index is 612. The van der Waals surface area contributed by atoms with Gasteiger partial charge in [-0.05, 0) is 50.8 Å². The highest BCUT2D eigenvalue weighted by molar-refractivity contribution is 9.10. The molecule has 3 rings (SSSR count). The third-order valence-corrected chi connectivity index (χ3v) is 5.25. The summed E-state index contributed by atoms with van der Waals surface area (Å²) in [6.45, 7) is 4.38. The molecule has 0 spiro atoms. The van der Waals surface area contributed by atoms with Gasteiger partial charge in [-0.25, -0.2) is 0 Å². The summed E-state index contributed by atoms with van der Waals surface area (Å²) in [7, 11) is 0. The molecule has 0 amide bonds. The van der Waals surface area contributed by atoms with Crippen molar-refractivity contribution < 1.29 is 4.79 Å². The van der Waals surface area contributed by atoms with Crippen LogP contribution in [0, 0.1) is 5.92 Å². The first kappa shape index (κ1) is 15.8. The second kappa shape index (κ2) is 6.19. The maximum atomic E-state index is 12.6. The molecule has 1 aromatic rings. The molecule has 0 atom stereocenters. The van der Waals surface area contributed by atoms with Crippen molar-refractivity contribution in [3.8, 4) is 0 Å². The van der Waals surface area contributed by atoms with Crippen LogP contribution >= 0.6 is 15.9 Å². The van der Waals surface area contributed by atoms with Gasteiger partial charge in [-0.3, -0.25) is 4.79 Å². The van der Waals surface area contributed by atoms with Crippen LogP contribution in [0.15, 0.2) is 28.7 Å². The Morgan fingerprint density at radius 3 is 2.73 bits per heavy atom. The summed E-state index contributed by atoms with van der Waals surface area (Å²) in [5, 5.41) is 3.56. The average Bonchev–Trinajstić information content (AvgIpc) is 2.46. The zero-order valence-corrected chi connectivity index (χ0v) is 15.0. The van der Waals surface area contributed by atoms with E-state index < -0.39 is 0 Å². The van der Waals surface area contributed by atoms with Crippen molar-refractivity contribution in [2.45, 2.75) is 57.9 Å². The van der Waals surface area contributed by atoms with E-state index in [1.165, 1.54) is 30.4 Å². The van der Waals surface area contributed by atoms with Gasteiger partial charge in [0.25, 0.3) is 0 Å². The first-order valence-corrected chi connectivity index (χ1v) is 9.06. The number of allylic oxidation sites excluding steroid dienone is 1. The van der Waals surface area contributed by atoms with Crippen LogP contribution in [0.1, 0.15) is 57.1 Å². The fraction of sp³-hybridized carbons (Fsp3) is 0.526. The minimum absolute atomic E-state index is 0.0214. The molecule has 2 nitrogen and oxygen atoms in total. The van der Waals surface area contributed by atoms with Crippen LogP contribution in [0.25, 0.3) is 5.70 Å². The maximum absolute atomic E-state index is 12.6. The first-order chi connectivity index (χ1) is 10.4. The lowest BCUT2D eigenvalue weighted by Crippen LogP contribution is -2.44. The molecule has 1 N–H and O–H groups in total. The predicted octanol–water partition coefficient (Wildman–Crippen LogP) is 4.86. The van der Waals surface area contributed by atoms with Crippen LogP contribution in [0.4, 0.5) is 0 Å². The van der Waals surface area contributed by atoms with Crippen molar-refractivity contribution in [1.82, 2.24) is 5.32 Å². The molecule has 0 unspecified atom stereocenters. The zero-order valence-electron chi connectivity index (χ0n) is 13.4. The number of halogens is 1. The summed E-state index contributed by atoms with van der Waals surface area (Å²) in [4.78, 5) is 12.6. The molecule has 3 heteroatoms. The Labute approximate surface area is 141 Å². The molecule has 0 aromatic heterocycles. The lowest BCUT2D eigenvalue weighted by molar-refractivity contribution is -0.119. The van der Waals surface area contributed by atoms with Gasteiger partial charge < -0.3 is 5.32 Å². The van der Waals surface area contributed by atoms with Crippen LogP contribution in [-0.4, -0.2) is 11.3 Å². The number of hydrogen-bond acceptors (Lipinski definition) is 2. The number of nitrogens with one attached hydrogen (secondary N) is 1. The Morgan fingerprint density at radius 1 is 1.27 bits per heavy atom. The maximum Gasteiger partial charge on any atom is 0.160 e. The number of benzene rings is 1. The summed E-state index contributed by atoms with van der Waals surface area (Å²) in [5.41, 5.74) is 3.45. The number of carbonyl (C=O) groups excluding carboxylic acids is 1. The fourth-order valence-corrected chi connectivity index (χ4v) is 4.09. The first-order valence-electron chi connectivity index (χ1n) is 8.27. The van der Waals surface area contributed by atoms with Gasteiger partial charge in [0.2, 0.25) is 0 Å². The van der Waals surface area contributed by atoms with E-state index in [0.29, 0.717) is 5.78 Å². The van der Waals surface area contributed by atoms with Gasteiger partial charge in [0.1, 0.15) is 0 Å². The van der Waals surface area contributed by atoms with E-state index in [0.717, 1.165) is 29.4 Å². The van der Waals surface area contributed by atoms with Crippen molar-refractivity contribution >= 4 is 27.4 Å². The molecule has 2 aliphatic rings. The van der Waals surface area contributed by atoms with Crippen LogP contribution < -0.4 is 5.32 Å². The second-order valence-corrected chi connectivity index (χ2v) is 8.20. The molecule has 1 saturated carbocycles. The number of rotatable bonds is 2. The van der Waals surface area contributed by atoms with Gasteiger partial charge >= 0.3 is 0 Å². The molecule has 0 saturated heterocycles. The van der Waals surface area contributed by atoms with Crippen molar-refractivity contribution in [2.24, 2.45) is 5.92 Å². The molecule has 1 aromatic carbocycles. The number of hydrogen-bond donors (Lipinski definition) is 1. The van der Waals surface area contributed by atoms with Gasteiger partial charge in [-0.15, -0.1) is 0 Å². The van der Waals surface area contributed by atoms with E-state index in [-0.39, 0.29) is 11.5 Å². The van der Waals surface area contributed by atoms with Gasteiger partial charge in [0.15, 0.2) is 5.78 Å². The molecule has 1 aliphatic heterocycles. The molecule has 0 bridgehead atoms. The van der Waals surface area contributed by atoms with E-state index in [1.807, 2.05) is 6.08 Å². The highest BCUT2D eigenvalue weighted by atomic mass is 79.9. The van der Waals surface area contributed by atoms with Gasteiger partial charge in [-0.2, -0.15) is 0 Å². The Hall–Kier alpha value is -1.09. The number of carbonyl (C=O) groups is 1.